The monoisotopic (exact) mass is 426 g/mol. The third-order valence-corrected chi connectivity index (χ3v) is 4.06. The highest BCUT2D eigenvalue weighted by atomic mass is 127. The van der Waals surface area contributed by atoms with Gasteiger partial charge in [0.1, 0.15) is 0 Å². The molecule has 0 radical (unpaired) electrons. The van der Waals surface area contributed by atoms with Gasteiger partial charge in [0.25, 0.3) is 0 Å². The molecular formula is C16H35IN4O. The Morgan fingerprint density at radius 2 is 2.05 bits per heavy atom. The van der Waals surface area contributed by atoms with E-state index in [-0.39, 0.29) is 29.6 Å². The first-order valence-corrected chi connectivity index (χ1v) is 8.11. The van der Waals surface area contributed by atoms with Crippen molar-refractivity contribution in [2.24, 2.45) is 10.9 Å². The van der Waals surface area contributed by atoms with Gasteiger partial charge in [-0.25, -0.2) is 0 Å². The molecule has 1 rings (SSSR count). The summed E-state index contributed by atoms with van der Waals surface area (Å²) in [6.45, 7) is 12.8. The molecule has 0 amide bonds. The molecule has 0 bridgehead atoms. The summed E-state index contributed by atoms with van der Waals surface area (Å²) in [6, 6.07) is 0.626. The van der Waals surface area contributed by atoms with Crippen LogP contribution in [0.4, 0.5) is 0 Å². The lowest BCUT2D eigenvalue weighted by molar-refractivity contribution is 0.0268. The van der Waals surface area contributed by atoms with E-state index in [0.29, 0.717) is 6.04 Å². The quantitative estimate of drug-likeness (QED) is 0.373. The van der Waals surface area contributed by atoms with Crippen LogP contribution in [-0.4, -0.2) is 62.8 Å². The SMILES string of the molecule is CN=C(NC[C@H]1CCCN1CC(C)C)NCC(C)(C)OC.I. The van der Waals surface area contributed by atoms with E-state index >= 15 is 0 Å². The molecule has 1 fully saturated rings. The van der Waals surface area contributed by atoms with Crippen LogP contribution >= 0.6 is 24.0 Å². The maximum absolute atomic E-state index is 5.42. The summed E-state index contributed by atoms with van der Waals surface area (Å²) < 4.78 is 5.42. The van der Waals surface area contributed by atoms with Crippen LogP contribution in [0.3, 0.4) is 0 Å². The lowest BCUT2D eigenvalue weighted by atomic mass is 10.1. The minimum atomic E-state index is -0.186. The van der Waals surface area contributed by atoms with Crippen LogP contribution in [0.25, 0.3) is 0 Å². The van der Waals surface area contributed by atoms with Crippen molar-refractivity contribution in [3.63, 3.8) is 0 Å². The minimum absolute atomic E-state index is 0. The zero-order valence-corrected chi connectivity index (χ0v) is 17.4. The molecule has 1 atom stereocenters. The third-order valence-electron chi connectivity index (χ3n) is 4.06. The molecule has 6 heteroatoms. The number of hydrogen-bond donors (Lipinski definition) is 2. The predicted molar refractivity (Wildman–Crippen MR) is 105 cm³/mol. The van der Waals surface area contributed by atoms with Crippen LogP contribution in [0.2, 0.25) is 0 Å². The number of rotatable bonds is 7. The molecular weight excluding hydrogens is 391 g/mol. The zero-order valence-electron chi connectivity index (χ0n) is 15.1. The van der Waals surface area contributed by atoms with Crippen molar-refractivity contribution in [3.05, 3.63) is 0 Å². The van der Waals surface area contributed by atoms with Gasteiger partial charge in [0.2, 0.25) is 0 Å². The average molecular weight is 426 g/mol. The molecule has 1 aliphatic heterocycles. The van der Waals surface area contributed by atoms with E-state index in [4.69, 9.17) is 4.74 Å². The van der Waals surface area contributed by atoms with Gasteiger partial charge in [0.05, 0.1) is 5.60 Å². The second kappa shape index (κ2) is 10.6. The number of guanidine groups is 1. The van der Waals surface area contributed by atoms with Crippen molar-refractivity contribution in [2.45, 2.75) is 52.2 Å². The first kappa shape index (κ1) is 21.9. The van der Waals surface area contributed by atoms with Crippen LogP contribution in [0.15, 0.2) is 4.99 Å². The summed E-state index contributed by atoms with van der Waals surface area (Å²) in [7, 11) is 3.55. The van der Waals surface area contributed by atoms with Crippen molar-refractivity contribution in [1.82, 2.24) is 15.5 Å². The molecule has 22 heavy (non-hydrogen) atoms. The molecule has 0 spiro atoms. The normalized spacial score (nSPS) is 20.1. The van der Waals surface area contributed by atoms with Crippen LogP contribution in [0, 0.1) is 5.92 Å². The molecule has 0 unspecified atom stereocenters. The highest BCUT2D eigenvalue weighted by Gasteiger charge is 2.25. The van der Waals surface area contributed by atoms with Crippen LogP contribution in [0.5, 0.6) is 0 Å². The maximum Gasteiger partial charge on any atom is 0.191 e. The largest absolute Gasteiger partial charge is 0.377 e. The predicted octanol–water partition coefficient (Wildman–Crippen LogP) is 2.31. The molecule has 132 valence electrons. The summed E-state index contributed by atoms with van der Waals surface area (Å²) in [5.74, 6) is 1.59. The van der Waals surface area contributed by atoms with Gasteiger partial charge < -0.3 is 15.4 Å². The molecule has 2 N–H and O–H groups in total. The first-order chi connectivity index (χ1) is 9.88. The van der Waals surface area contributed by atoms with Gasteiger partial charge >= 0.3 is 0 Å². The lowest BCUT2D eigenvalue weighted by Gasteiger charge is -2.28. The number of hydrogen-bond acceptors (Lipinski definition) is 3. The van der Waals surface area contributed by atoms with Gasteiger partial charge in [0, 0.05) is 39.8 Å². The number of methoxy groups -OCH3 is 1. The van der Waals surface area contributed by atoms with E-state index < -0.39 is 0 Å². The van der Waals surface area contributed by atoms with Crippen molar-refractivity contribution >= 4 is 29.9 Å². The van der Waals surface area contributed by atoms with E-state index in [1.54, 1.807) is 7.11 Å². The third kappa shape index (κ3) is 7.97. The first-order valence-electron chi connectivity index (χ1n) is 8.11. The van der Waals surface area contributed by atoms with Gasteiger partial charge in [-0.05, 0) is 39.2 Å². The molecule has 0 aromatic carbocycles. The number of halogens is 1. The second-order valence-electron chi connectivity index (χ2n) is 6.96. The number of nitrogens with zero attached hydrogens (tertiary/aromatic N) is 2. The highest BCUT2D eigenvalue weighted by Crippen LogP contribution is 2.17. The summed E-state index contributed by atoms with van der Waals surface area (Å²) in [5.41, 5.74) is -0.186. The Hall–Kier alpha value is -0.0800. The molecule has 0 aromatic rings. The molecule has 1 heterocycles. The summed E-state index contributed by atoms with van der Waals surface area (Å²) in [5, 5.41) is 6.79. The van der Waals surface area contributed by atoms with E-state index in [0.717, 1.165) is 25.0 Å². The van der Waals surface area contributed by atoms with Gasteiger partial charge in [-0.15, -0.1) is 24.0 Å². The fraction of sp³-hybridized carbons (Fsp3) is 0.938. The number of nitrogens with one attached hydrogen (secondary N) is 2. The average Bonchev–Trinajstić information content (AvgIpc) is 2.85. The Morgan fingerprint density at radius 3 is 2.59 bits per heavy atom. The Balaban J connectivity index is 0.00000441. The smallest absolute Gasteiger partial charge is 0.191 e. The van der Waals surface area contributed by atoms with E-state index in [1.165, 1.54) is 25.9 Å². The molecule has 1 aliphatic rings. The summed E-state index contributed by atoms with van der Waals surface area (Å²) >= 11 is 0. The Labute approximate surface area is 153 Å². The fourth-order valence-corrected chi connectivity index (χ4v) is 2.64. The Morgan fingerprint density at radius 1 is 1.36 bits per heavy atom. The van der Waals surface area contributed by atoms with Crippen molar-refractivity contribution < 1.29 is 4.74 Å². The number of likely N-dealkylation sites (tertiary alicyclic amines) is 1. The van der Waals surface area contributed by atoms with Crippen LogP contribution in [-0.2, 0) is 4.74 Å². The van der Waals surface area contributed by atoms with Crippen molar-refractivity contribution in [2.75, 3.05) is 40.3 Å². The topological polar surface area (TPSA) is 48.9 Å². The van der Waals surface area contributed by atoms with Crippen molar-refractivity contribution in [1.29, 1.82) is 0 Å². The highest BCUT2D eigenvalue weighted by molar-refractivity contribution is 14.0. The molecule has 0 aliphatic carbocycles. The van der Waals surface area contributed by atoms with Gasteiger partial charge in [-0.1, -0.05) is 13.8 Å². The number of aliphatic imine (C=N–C) groups is 1. The maximum atomic E-state index is 5.42. The van der Waals surface area contributed by atoms with Gasteiger partial charge in [-0.2, -0.15) is 0 Å². The van der Waals surface area contributed by atoms with Crippen LogP contribution in [0.1, 0.15) is 40.5 Å². The Kier molecular flexibility index (Phi) is 10.6. The summed E-state index contributed by atoms with van der Waals surface area (Å²) in [6.07, 6.45) is 2.59. The molecule has 0 aromatic heterocycles. The zero-order chi connectivity index (χ0) is 15.9. The lowest BCUT2D eigenvalue weighted by Crippen LogP contribution is -2.48. The second-order valence-corrected chi connectivity index (χ2v) is 6.96. The van der Waals surface area contributed by atoms with E-state index in [2.05, 4.69) is 48.2 Å². The van der Waals surface area contributed by atoms with Gasteiger partial charge in [-0.3, -0.25) is 9.89 Å². The van der Waals surface area contributed by atoms with Gasteiger partial charge in [0.15, 0.2) is 5.96 Å². The minimum Gasteiger partial charge on any atom is -0.377 e. The Bertz CT molecular complexity index is 334. The van der Waals surface area contributed by atoms with E-state index in [1.807, 2.05) is 7.05 Å². The van der Waals surface area contributed by atoms with E-state index in [9.17, 15) is 0 Å². The molecule has 1 saturated heterocycles. The summed E-state index contributed by atoms with van der Waals surface area (Å²) in [4.78, 5) is 6.89. The van der Waals surface area contributed by atoms with Crippen molar-refractivity contribution in [3.8, 4) is 0 Å². The fourth-order valence-electron chi connectivity index (χ4n) is 2.64. The molecule has 5 nitrogen and oxygen atoms in total. The standard InChI is InChI=1S/C16H34N4O.HI/c1-13(2)11-20-9-7-8-14(20)10-18-15(17-5)19-12-16(3,4)21-6;/h13-14H,7-12H2,1-6H3,(H2,17,18,19);1H/t14-;/m1./s1. The molecule has 0 saturated carbocycles. The number of ether oxygens (including phenoxy) is 1. The van der Waals surface area contributed by atoms with Crippen LogP contribution < -0.4 is 10.6 Å².